The van der Waals surface area contributed by atoms with Crippen molar-refractivity contribution in [3.63, 3.8) is 0 Å². The Hall–Kier alpha value is -0.610. The fourth-order valence-electron chi connectivity index (χ4n) is 4.26. The standard InChI is InChI=1S/C14H25N3O/c1-16(2)14(18)13-9-15-5-6-17(13)12-8-10-3-4-11(12)7-10/h10-13,15H,3-9H2,1-2H3. The minimum Gasteiger partial charge on any atom is -0.347 e. The van der Waals surface area contributed by atoms with Crippen molar-refractivity contribution >= 4 is 5.91 Å². The van der Waals surface area contributed by atoms with Crippen LogP contribution in [0.4, 0.5) is 0 Å². The van der Waals surface area contributed by atoms with Crippen molar-refractivity contribution in [2.45, 2.75) is 37.8 Å². The number of amides is 1. The predicted octanol–water partition coefficient (Wildman–Crippen LogP) is 0.537. The van der Waals surface area contributed by atoms with Crippen LogP contribution in [0.1, 0.15) is 25.7 Å². The first kappa shape index (κ1) is 12.4. The van der Waals surface area contributed by atoms with Gasteiger partial charge in [-0.1, -0.05) is 6.42 Å². The van der Waals surface area contributed by atoms with Crippen LogP contribution in [0, 0.1) is 11.8 Å². The van der Waals surface area contributed by atoms with E-state index in [-0.39, 0.29) is 11.9 Å². The van der Waals surface area contributed by atoms with Gasteiger partial charge in [-0.15, -0.1) is 0 Å². The summed E-state index contributed by atoms with van der Waals surface area (Å²) >= 11 is 0. The summed E-state index contributed by atoms with van der Waals surface area (Å²) in [5.74, 6) is 2.08. The summed E-state index contributed by atoms with van der Waals surface area (Å²) < 4.78 is 0. The normalized spacial score (nSPS) is 40.1. The van der Waals surface area contributed by atoms with Crippen LogP contribution in [-0.4, -0.2) is 61.5 Å². The van der Waals surface area contributed by atoms with Crippen molar-refractivity contribution in [1.29, 1.82) is 0 Å². The fourth-order valence-corrected chi connectivity index (χ4v) is 4.26. The topological polar surface area (TPSA) is 35.6 Å². The highest BCUT2D eigenvalue weighted by atomic mass is 16.2. The third-order valence-corrected chi connectivity index (χ3v) is 5.14. The quantitative estimate of drug-likeness (QED) is 0.778. The van der Waals surface area contributed by atoms with Crippen LogP contribution in [0.2, 0.25) is 0 Å². The molecule has 0 aromatic rings. The molecule has 3 fully saturated rings. The maximum Gasteiger partial charge on any atom is 0.240 e. The Morgan fingerprint density at radius 3 is 2.72 bits per heavy atom. The Morgan fingerprint density at radius 2 is 2.11 bits per heavy atom. The Morgan fingerprint density at radius 1 is 1.28 bits per heavy atom. The molecule has 0 aromatic carbocycles. The van der Waals surface area contributed by atoms with Crippen LogP contribution in [0.25, 0.3) is 0 Å². The third kappa shape index (κ3) is 2.05. The molecule has 3 rings (SSSR count). The summed E-state index contributed by atoms with van der Waals surface area (Å²) in [6, 6.07) is 0.748. The molecule has 3 aliphatic rings. The molecule has 1 heterocycles. The lowest BCUT2D eigenvalue weighted by atomic mass is 9.92. The van der Waals surface area contributed by atoms with Crippen LogP contribution in [0.3, 0.4) is 0 Å². The molecule has 102 valence electrons. The highest BCUT2D eigenvalue weighted by Gasteiger charge is 2.45. The number of rotatable bonds is 2. The predicted molar refractivity (Wildman–Crippen MR) is 71.3 cm³/mol. The zero-order valence-electron chi connectivity index (χ0n) is 11.6. The van der Waals surface area contributed by atoms with Crippen LogP contribution < -0.4 is 5.32 Å². The second-order valence-corrected chi connectivity index (χ2v) is 6.43. The number of fused-ring (bicyclic) bond motifs is 2. The lowest BCUT2D eigenvalue weighted by Crippen LogP contribution is -2.61. The van der Waals surface area contributed by atoms with E-state index in [0.717, 1.165) is 31.5 Å². The van der Waals surface area contributed by atoms with Gasteiger partial charge in [0, 0.05) is 39.8 Å². The van der Waals surface area contributed by atoms with Gasteiger partial charge in [-0.2, -0.15) is 0 Å². The van der Waals surface area contributed by atoms with Gasteiger partial charge in [0.1, 0.15) is 6.04 Å². The van der Waals surface area contributed by atoms with Gasteiger partial charge in [0.15, 0.2) is 0 Å². The Bertz CT molecular complexity index is 331. The molecule has 0 aromatic heterocycles. The molecule has 2 saturated carbocycles. The summed E-state index contributed by atoms with van der Waals surface area (Å²) in [5.41, 5.74) is 0. The van der Waals surface area contributed by atoms with E-state index in [0.29, 0.717) is 6.04 Å². The summed E-state index contributed by atoms with van der Waals surface area (Å²) in [6.45, 7) is 2.90. The Balaban J connectivity index is 1.74. The molecule has 18 heavy (non-hydrogen) atoms. The Kier molecular flexibility index (Phi) is 3.32. The molecule has 2 bridgehead atoms. The monoisotopic (exact) mass is 251 g/mol. The lowest BCUT2D eigenvalue weighted by molar-refractivity contribution is -0.136. The molecule has 1 amide bonds. The smallest absolute Gasteiger partial charge is 0.240 e. The number of carbonyl (C=O) groups excluding carboxylic acids is 1. The number of piperazine rings is 1. The van der Waals surface area contributed by atoms with Crippen molar-refractivity contribution in [3.05, 3.63) is 0 Å². The van der Waals surface area contributed by atoms with Crippen LogP contribution in [-0.2, 0) is 4.79 Å². The van der Waals surface area contributed by atoms with Gasteiger partial charge in [-0.05, 0) is 31.1 Å². The number of carbonyl (C=O) groups is 1. The molecule has 1 N–H and O–H groups in total. The number of hydrogen-bond donors (Lipinski definition) is 1. The highest BCUT2D eigenvalue weighted by molar-refractivity contribution is 5.81. The van der Waals surface area contributed by atoms with Crippen LogP contribution in [0.15, 0.2) is 0 Å². The maximum atomic E-state index is 12.3. The minimum absolute atomic E-state index is 0.0677. The van der Waals surface area contributed by atoms with Gasteiger partial charge in [0.05, 0.1) is 0 Å². The molecule has 1 aliphatic heterocycles. The second-order valence-electron chi connectivity index (χ2n) is 6.43. The number of nitrogens with zero attached hydrogens (tertiary/aromatic N) is 2. The van der Waals surface area contributed by atoms with Gasteiger partial charge in [0.2, 0.25) is 5.91 Å². The first-order chi connectivity index (χ1) is 8.66. The van der Waals surface area contributed by atoms with Crippen LogP contribution in [0.5, 0.6) is 0 Å². The largest absolute Gasteiger partial charge is 0.347 e. The van der Waals surface area contributed by atoms with Gasteiger partial charge >= 0.3 is 0 Å². The van der Waals surface area contributed by atoms with Crippen molar-refractivity contribution in [1.82, 2.24) is 15.1 Å². The van der Waals surface area contributed by atoms with Gasteiger partial charge in [0.25, 0.3) is 0 Å². The zero-order chi connectivity index (χ0) is 12.7. The van der Waals surface area contributed by atoms with Gasteiger partial charge in [-0.25, -0.2) is 0 Å². The summed E-state index contributed by atoms with van der Waals surface area (Å²) in [7, 11) is 3.74. The molecular formula is C14H25N3O. The van der Waals surface area contributed by atoms with E-state index in [9.17, 15) is 4.79 Å². The van der Waals surface area contributed by atoms with Crippen molar-refractivity contribution in [2.75, 3.05) is 33.7 Å². The van der Waals surface area contributed by atoms with Crippen molar-refractivity contribution < 1.29 is 4.79 Å². The summed E-state index contributed by atoms with van der Waals surface area (Å²) in [5, 5.41) is 3.38. The molecule has 1 saturated heterocycles. The third-order valence-electron chi connectivity index (χ3n) is 5.14. The van der Waals surface area contributed by atoms with E-state index in [1.54, 1.807) is 4.90 Å². The van der Waals surface area contributed by atoms with E-state index in [2.05, 4.69) is 10.2 Å². The molecule has 4 nitrogen and oxygen atoms in total. The molecule has 4 heteroatoms. The number of nitrogens with one attached hydrogen (secondary N) is 1. The van der Waals surface area contributed by atoms with Gasteiger partial charge in [-0.3, -0.25) is 9.69 Å². The number of hydrogen-bond acceptors (Lipinski definition) is 3. The number of likely N-dealkylation sites (N-methyl/N-ethyl adjacent to an activating group) is 1. The first-order valence-corrected chi connectivity index (χ1v) is 7.34. The van der Waals surface area contributed by atoms with Gasteiger partial charge < -0.3 is 10.2 Å². The average Bonchev–Trinajstić information content (AvgIpc) is 3.00. The van der Waals surface area contributed by atoms with E-state index >= 15 is 0 Å². The molecule has 4 unspecified atom stereocenters. The SMILES string of the molecule is CN(C)C(=O)C1CNCCN1C1CC2CCC1C2. The van der Waals surface area contributed by atoms with E-state index in [1.165, 1.54) is 25.7 Å². The second kappa shape index (κ2) is 4.82. The van der Waals surface area contributed by atoms with E-state index in [4.69, 9.17) is 0 Å². The fraction of sp³-hybridized carbons (Fsp3) is 0.929. The maximum absolute atomic E-state index is 12.3. The summed E-state index contributed by atoms with van der Waals surface area (Å²) in [4.78, 5) is 16.6. The molecule has 0 spiro atoms. The van der Waals surface area contributed by atoms with Crippen molar-refractivity contribution in [3.8, 4) is 0 Å². The molecule has 0 radical (unpaired) electrons. The molecule has 4 atom stereocenters. The zero-order valence-corrected chi connectivity index (χ0v) is 11.6. The van der Waals surface area contributed by atoms with E-state index in [1.807, 2.05) is 14.1 Å². The lowest BCUT2D eigenvalue weighted by Gasteiger charge is -2.43. The molecule has 2 aliphatic carbocycles. The van der Waals surface area contributed by atoms with E-state index < -0.39 is 0 Å². The Labute approximate surface area is 110 Å². The first-order valence-electron chi connectivity index (χ1n) is 7.34. The minimum atomic E-state index is 0.0677. The van der Waals surface area contributed by atoms with Crippen LogP contribution >= 0.6 is 0 Å². The summed E-state index contributed by atoms with van der Waals surface area (Å²) in [6.07, 6.45) is 5.57. The molecular weight excluding hydrogens is 226 g/mol. The average molecular weight is 251 g/mol. The van der Waals surface area contributed by atoms with Crippen molar-refractivity contribution in [2.24, 2.45) is 11.8 Å². The highest BCUT2D eigenvalue weighted by Crippen LogP contribution is 2.47.